The Kier molecular flexibility index (Phi) is 56.8. The number of nitrogens with zero attached hydrogens (tertiary/aromatic N) is 13. The molecule has 145 heavy (non-hydrogen) atoms. The molecule has 8 aromatic carbocycles. The summed E-state index contributed by atoms with van der Waals surface area (Å²) in [5, 5.41) is 91.1. The molecule has 10 saturated heterocycles. The van der Waals surface area contributed by atoms with E-state index in [0.29, 0.717) is 106 Å². The molecule has 768 valence electrons. The summed E-state index contributed by atoms with van der Waals surface area (Å²) in [4.78, 5) is 38.1. The average Bonchev–Trinajstić information content (AvgIpc) is 1.24. The van der Waals surface area contributed by atoms with Gasteiger partial charge >= 0.3 is 150 Å². The van der Waals surface area contributed by atoms with E-state index in [4.69, 9.17) is 96.9 Å². The summed E-state index contributed by atoms with van der Waals surface area (Å²) >= 11 is 37.7. The number of methoxy groups -OCH3 is 4. The second kappa shape index (κ2) is 64.6. The first-order chi connectivity index (χ1) is 68.6. The number of phenols is 2. The number of nitrogens with one attached hydrogen (secondary N) is 2. The smallest absolute Gasteiger partial charge is 1.00 e. The zero-order valence-corrected chi connectivity index (χ0v) is 108. The summed E-state index contributed by atoms with van der Waals surface area (Å²) in [7, 11) is 17.2. The molecule has 0 radical (unpaired) electrons. The molecule has 29 nitrogen and oxygen atoms in total. The third kappa shape index (κ3) is 36.1. The molecule has 0 saturated carbocycles. The SMILES string of the molecule is BrB(Br)Br.BrB(Br)Br.CN1C2CCC1CC(N)C2.CN1C2CCC1CC(N1c3ccc(C#N)cc3Oc3c(O)cccc31)C2.CN1C2CCC1CC(Nc1ccc(C#N)cc1O)C2.COc1cc(C#N)ccc1F.COc1cc(C#N)ccc1NC1CC2CCC(C1)N2C.COc1cccc(F)c1[N+](=O)[O-].COc1cccc2c1Oc1cc(C#N)ccc1N2C1CC2CCC(C1)N2C.ClCCl.ClCCl.O=CO[O-].[Cs+].[Cs+].[H-]. The summed E-state index contributed by atoms with van der Waals surface area (Å²) in [6.45, 7) is -0.181. The fraction of sp³-hybridized carbons (Fsp3) is 0.460. The van der Waals surface area contributed by atoms with Crippen LogP contribution in [-0.2, 0) is 9.68 Å². The molecule has 12 heterocycles. The largest absolute Gasteiger partial charge is 1.00 e. The fourth-order valence-electron chi connectivity index (χ4n) is 21.1. The minimum Gasteiger partial charge on any atom is -1.00 e. The maximum atomic E-state index is 12.8. The summed E-state index contributed by atoms with van der Waals surface area (Å²) in [6.07, 6.45) is 24.7. The monoisotopic (exact) mass is 2690 g/mol. The van der Waals surface area contributed by atoms with E-state index in [2.05, 4.69) is 213 Å². The van der Waals surface area contributed by atoms with Gasteiger partial charge in [0.15, 0.2) is 51.8 Å². The number of anilines is 6. The number of nitrogens with two attached hydrogens (primary N) is 1. The molecular formula is C100H118B2Br6Cl4Cs2F2N16O13. The van der Waals surface area contributed by atoms with Gasteiger partial charge in [-0.1, -0.05) is 18.2 Å². The first-order valence-corrected chi connectivity index (χ1v) is 54.0. The Labute approximate surface area is 1040 Å². The van der Waals surface area contributed by atoms with Crippen molar-refractivity contribution in [2.24, 2.45) is 5.73 Å². The van der Waals surface area contributed by atoms with Crippen LogP contribution in [0, 0.1) is 78.4 Å². The molecule has 6 N–H and O–H groups in total. The van der Waals surface area contributed by atoms with Crippen molar-refractivity contribution in [1.29, 1.82) is 26.3 Å². The van der Waals surface area contributed by atoms with Crippen molar-refractivity contribution in [3.05, 3.63) is 195 Å². The van der Waals surface area contributed by atoms with Gasteiger partial charge in [-0.25, -0.2) is 4.39 Å². The van der Waals surface area contributed by atoms with Crippen LogP contribution in [0.5, 0.6) is 57.5 Å². The Bertz CT molecular complexity index is 5680. The van der Waals surface area contributed by atoms with Gasteiger partial charge in [-0.15, -0.1) is 141 Å². The molecule has 10 fully saturated rings. The van der Waals surface area contributed by atoms with Crippen LogP contribution < -0.4 is 198 Å². The average molecular weight is 2700 g/mol. The molecule has 12 aliphatic rings. The molecule has 12 aliphatic heterocycles. The number of para-hydroxylation sites is 3. The van der Waals surface area contributed by atoms with Crippen molar-refractivity contribution in [3.63, 3.8) is 0 Å². The van der Waals surface area contributed by atoms with E-state index in [1.54, 1.807) is 44.6 Å². The number of carbonyl (C=O) groups is 1. The number of fused-ring (bicyclic) bond motifs is 14. The van der Waals surface area contributed by atoms with Gasteiger partial charge in [-0.05, 0) is 267 Å². The van der Waals surface area contributed by atoms with Crippen molar-refractivity contribution < 1.29 is 206 Å². The zero-order valence-electron chi connectivity index (χ0n) is 83.6. The van der Waals surface area contributed by atoms with Crippen LogP contribution in [0.1, 0.15) is 158 Å². The van der Waals surface area contributed by atoms with Gasteiger partial charge < -0.3 is 101 Å². The predicted octanol–water partition coefficient (Wildman–Crippen LogP) is 17.2. The Morgan fingerprint density at radius 2 is 0.752 bits per heavy atom. The van der Waals surface area contributed by atoms with Crippen LogP contribution >= 0.6 is 141 Å². The molecule has 10 bridgehead atoms. The van der Waals surface area contributed by atoms with Gasteiger partial charge in [0.25, 0.3) is 6.47 Å². The number of ether oxygens (including phenoxy) is 6. The Hall–Kier alpha value is -4.47. The van der Waals surface area contributed by atoms with E-state index in [-0.39, 0.29) is 186 Å². The summed E-state index contributed by atoms with van der Waals surface area (Å²) < 4.78 is 58.4. The molecule has 10 atom stereocenters. The van der Waals surface area contributed by atoms with Crippen molar-refractivity contribution in [3.8, 4) is 87.8 Å². The van der Waals surface area contributed by atoms with E-state index >= 15 is 0 Å². The molecule has 45 heteroatoms. The van der Waals surface area contributed by atoms with Crippen molar-refractivity contribution in [2.75, 3.05) is 94.8 Å². The van der Waals surface area contributed by atoms with Gasteiger partial charge in [0.2, 0.25) is 5.82 Å². The zero-order chi connectivity index (χ0) is 104. The fourth-order valence-corrected chi connectivity index (χ4v) is 21.1. The van der Waals surface area contributed by atoms with E-state index in [0.717, 1.165) is 126 Å². The number of alkyl halides is 4. The Morgan fingerprint density at radius 3 is 1.12 bits per heavy atom. The molecule has 10 unspecified atom stereocenters. The van der Waals surface area contributed by atoms with E-state index < -0.39 is 22.2 Å². The minimum atomic E-state index is -0.889. The number of piperidine rings is 5. The standard InChI is InChI=1S/C22H23N3O2.C21H21N3O2.C16H21N3O.C15H19N3O.C8H6FNO.C8H16N2.C7H6FNO3.2CH2Cl2.CH2O3.2BBr3.2Cs.H/c1-24-15-7-8-16(24)12-17(11-15)25-18-9-6-14(13-23)10-21(18)27-22-19(25)4-3-5-20(22)26-2;1-23-14-6-7-15(23)11-16(10-14)24-17-8-5-13(12-22)9-20(17)26-21-18(24)3-2-4-19(21)25;1-19-13-4-5-14(19)9-12(8-13)18-15-6-3-11(10-17)7-16(15)20-2;1-18-12-3-4-13(18)8-11(7-12)17-14-5-2-10(9-16)6-15(14)19;1-11-8-4-6(5-10)2-3-7(8)9;1-10-7-2-3-8(10)5-6(9)4-7;1-12-6-4-2-3-5(8)7(6)9(10)11;2*2-1-3;2-1-4-3;2*2-1(3)4;;;/h3-6,9-10,15-17H,7-8,11-12H2,1-2H3;2-5,8-9,14-16,25H,6-7,10-11H2,1H3;3,6-7,12-14,18H,4-5,8-9H2,1-2H3;2,5-6,11-13,17,19H,3-4,7-8H2,1H3;2-4H,1H3;6-8H,2-5,9H2,1H3;2-4H,1H3;2*1H2;1,3H;;;;;/q;;;;;;;;;;;;2*+1;-1/p-1. The summed E-state index contributed by atoms with van der Waals surface area (Å²) in [5.74, 6) is 3.09. The van der Waals surface area contributed by atoms with E-state index in [1.807, 2.05) is 78.9 Å². The Morgan fingerprint density at radius 1 is 0.441 bits per heavy atom. The van der Waals surface area contributed by atoms with Crippen LogP contribution in [0.3, 0.4) is 0 Å². The molecule has 0 aliphatic carbocycles. The molecule has 0 aromatic heterocycles. The summed E-state index contributed by atoms with van der Waals surface area (Å²) in [6, 6.07) is 60.8. The van der Waals surface area contributed by atoms with Gasteiger partial charge in [-0.2, -0.15) is 30.7 Å². The normalized spacial score (nSPS) is 23.1. The molecule has 20 rings (SSSR count). The number of halogens is 12. The second-order valence-corrected chi connectivity index (χ2v) is 50.1. The number of aromatic hydroxyl groups is 2. The molecule has 0 spiro atoms. The number of rotatable bonds is 12. The number of hydrogen-bond acceptors (Lipinski definition) is 28. The summed E-state index contributed by atoms with van der Waals surface area (Å²) in [5.41, 5.74) is 13.7. The van der Waals surface area contributed by atoms with Crippen LogP contribution in [0.2, 0.25) is 0 Å². The van der Waals surface area contributed by atoms with Crippen molar-refractivity contribution in [2.45, 2.75) is 219 Å². The van der Waals surface area contributed by atoms with Crippen molar-refractivity contribution >= 4 is 194 Å². The first kappa shape index (κ1) is 127. The number of nitro benzene ring substituents is 1. The number of nitriles is 5. The third-order valence-electron chi connectivity index (χ3n) is 27.8. The van der Waals surface area contributed by atoms with Gasteiger partial charge in [0, 0.05) is 115 Å². The van der Waals surface area contributed by atoms with Crippen LogP contribution in [0.25, 0.3) is 0 Å². The number of benzene rings is 8. The number of carbonyl (C=O) groups excluding carboxylic acids is 1. The van der Waals surface area contributed by atoms with Crippen LogP contribution in [-0.4, -0.2) is 217 Å². The van der Waals surface area contributed by atoms with Crippen molar-refractivity contribution in [1.82, 2.24) is 24.5 Å². The predicted molar refractivity (Wildman–Crippen MR) is 582 cm³/mol. The maximum Gasteiger partial charge on any atom is 1.00 e. The second-order valence-electron chi connectivity index (χ2n) is 35.6. The first-order valence-electron chi connectivity index (χ1n) is 46.4. The maximum absolute atomic E-state index is 12.8. The van der Waals surface area contributed by atoms with Gasteiger partial charge in [-0.3, -0.25) is 14.9 Å². The molecule has 8 aromatic rings. The molecule has 0 amide bonds. The quantitative estimate of drug-likeness (QED) is 0.0144. The topological polar surface area (TPSA) is 380 Å². The Balaban J connectivity index is 0.000000258. The van der Waals surface area contributed by atoms with Crippen LogP contribution in [0.15, 0.2) is 146 Å². The van der Waals surface area contributed by atoms with E-state index in [9.17, 15) is 39.6 Å². The number of phenolic OH excluding ortho intramolecular Hbond substituents is 2. The van der Waals surface area contributed by atoms with Crippen LogP contribution in [0.4, 0.5) is 48.6 Å². The van der Waals surface area contributed by atoms with Gasteiger partial charge in [0.05, 0.1) is 136 Å². The molecular weight excluding hydrogens is 2580 g/mol. The number of hydrogen-bond donors (Lipinski definition) is 5. The number of nitro groups is 1. The van der Waals surface area contributed by atoms with E-state index in [1.165, 1.54) is 141 Å². The third-order valence-corrected chi connectivity index (χ3v) is 27.8. The minimum absolute atomic E-state index is 0. The van der Waals surface area contributed by atoms with Gasteiger partial charge in [0.1, 0.15) is 11.5 Å².